The van der Waals surface area contributed by atoms with Gasteiger partial charge in [-0.1, -0.05) is 121 Å². The molecule has 0 N–H and O–H groups in total. The van der Waals surface area contributed by atoms with Crippen LogP contribution in [0.4, 0.5) is 0 Å². The first-order chi connectivity index (χ1) is 16.2. The average Bonchev–Trinajstić information content (AvgIpc) is 2.82. The molecule has 1 aromatic rings. The molecule has 0 saturated heterocycles. The highest BCUT2D eigenvalue weighted by Gasteiger charge is 2.05. The number of nitrogens with zero attached hydrogens (tertiary/aromatic N) is 1. The van der Waals surface area contributed by atoms with Crippen LogP contribution in [0.5, 0.6) is 0 Å². The monoisotopic (exact) mass is 477 g/mol. The minimum absolute atomic E-state index is 0.0421. The lowest BCUT2D eigenvalue weighted by Gasteiger charge is -2.14. The highest BCUT2D eigenvalue weighted by Crippen LogP contribution is 2.18. The summed E-state index contributed by atoms with van der Waals surface area (Å²) in [5.41, 5.74) is 1.47. The van der Waals surface area contributed by atoms with Crippen molar-refractivity contribution in [3.8, 4) is 6.07 Å². The summed E-state index contributed by atoms with van der Waals surface area (Å²) in [6, 6.07) is 7.48. The van der Waals surface area contributed by atoms with Gasteiger partial charge in [0.1, 0.15) is 6.07 Å². The molecule has 0 heterocycles. The van der Waals surface area contributed by atoms with Crippen LogP contribution in [0.25, 0.3) is 0 Å². The van der Waals surface area contributed by atoms with Crippen molar-refractivity contribution in [1.82, 2.24) is 0 Å². The van der Waals surface area contributed by atoms with Crippen LogP contribution >= 0.6 is 11.6 Å². The number of halogens is 1. The van der Waals surface area contributed by atoms with Crippen LogP contribution in [0, 0.1) is 11.3 Å². The summed E-state index contributed by atoms with van der Waals surface area (Å²) < 4.78 is 11.6. The minimum atomic E-state index is 0.0421. The maximum Gasteiger partial charge on any atom is 0.101 e. The van der Waals surface area contributed by atoms with E-state index in [9.17, 15) is 0 Å². The lowest BCUT2D eigenvalue weighted by atomic mass is 10.0. The third-order valence-corrected chi connectivity index (χ3v) is 6.50. The molecule has 0 aromatic heterocycles. The van der Waals surface area contributed by atoms with Gasteiger partial charge in [-0.2, -0.15) is 5.26 Å². The van der Waals surface area contributed by atoms with Crippen LogP contribution in [0.15, 0.2) is 18.2 Å². The van der Waals surface area contributed by atoms with E-state index in [1.165, 1.54) is 96.3 Å². The molecule has 33 heavy (non-hydrogen) atoms. The first-order valence-electron chi connectivity index (χ1n) is 13.5. The second kappa shape index (κ2) is 21.5. The Kier molecular flexibility index (Phi) is 19.5. The molecule has 1 atom stereocenters. The second-order valence-electron chi connectivity index (χ2n) is 9.43. The topological polar surface area (TPSA) is 42.2 Å². The van der Waals surface area contributed by atoms with Gasteiger partial charge >= 0.3 is 0 Å². The number of unbranched alkanes of at least 4 members (excludes halogenated alkanes) is 15. The molecule has 3 nitrogen and oxygen atoms in total. The van der Waals surface area contributed by atoms with Crippen molar-refractivity contribution in [3.05, 3.63) is 34.3 Å². The molecule has 1 aromatic carbocycles. The zero-order valence-corrected chi connectivity index (χ0v) is 22.1. The molecule has 0 bridgehead atoms. The van der Waals surface area contributed by atoms with Crippen molar-refractivity contribution < 1.29 is 9.47 Å². The predicted molar refractivity (Wildman–Crippen MR) is 141 cm³/mol. The van der Waals surface area contributed by atoms with E-state index in [-0.39, 0.29) is 6.10 Å². The molecule has 0 spiro atoms. The number of hydrogen-bond acceptors (Lipinski definition) is 3. The Labute approximate surface area is 209 Å². The summed E-state index contributed by atoms with van der Waals surface area (Å²) in [7, 11) is 0. The molecular weight excluding hydrogens is 430 g/mol. The maximum absolute atomic E-state index is 8.93. The van der Waals surface area contributed by atoms with Crippen molar-refractivity contribution in [3.63, 3.8) is 0 Å². The summed E-state index contributed by atoms with van der Waals surface area (Å²) in [5, 5.41) is 9.40. The van der Waals surface area contributed by atoms with E-state index < -0.39 is 0 Å². The Morgan fingerprint density at radius 3 is 1.82 bits per heavy atom. The van der Waals surface area contributed by atoms with Gasteiger partial charge in [0.2, 0.25) is 0 Å². The molecule has 0 saturated carbocycles. The van der Waals surface area contributed by atoms with E-state index in [1.807, 2.05) is 13.0 Å². The standard InChI is InChI=1S/C29H48ClNO2/c1-3-4-5-6-7-8-9-10-11-12-13-14-15-16-17-18-21-32-24-26(2)33-25-27-19-20-28(23-31)29(30)22-27/h19-20,22,26H,3-18,21,24-25H2,1-2H3/t26-/m1/s1. The summed E-state index contributed by atoms with van der Waals surface area (Å²) in [4.78, 5) is 0. The van der Waals surface area contributed by atoms with E-state index in [0.29, 0.717) is 23.8 Å². The van der Waals surface area contributed by atoms with E-state index in [4.69, 9.17) is 26.3 Å². The van der Waals surface area contributed by atoms with E-state index in [0.717, 1.165) is 18.6 Å². The molecule has 1 rings (SSSR count). The molecular formula is C29H48ClNO2. The molecule has 0 amide bonds. The zero-order chi connectivity index (χ0) is 24.0. The third-order valence-electron chi connectivity index (χ3n) is 6.18. The number of hydrogen-bond donors (Lipinski definition) is 0. The smallest absolute Gasteiger partial charge is 0.101 e. The predicted octanol–water partition coefficient (Wildman–Crippen LogP) is 9.39. The Morgan fingerprint density at radius 2 is 1.33 bits per heavy atom. The number of nitriles is 1. The largest absolute Gasteiger partial charge is 0.379 e. The Bertz CT molecular complexity index is 629. The first kappa shape index (κ1) is 30.0. The van der Waals surface area contributed by atoms with Crippen LogP contribution in [0.1, 0.15) is 128 Å². The summed E-state index contributed by atoms with van der Waals surface area (Å²) in [5.74, 6) is 0. The van der Waals surface area contributed by atoms with Gasteiger partial charge in [0.15, 0.2) is 0 Å². The maximum atomic E-state index is 8.93. The van der Waals surface area contributed by atoms with E-state index >= 15 is 0 Å². The number of benzene rings is 1. The van der Waals surface area contributed by atoms with Crippen molar-refractivity contribution in [2.75, 3.05) is 13.2 Å². The van der Waals surface area contributed by atoms with Crippen molar-refractivity contribution in [1.29, 1.82) is 5.26 Å². The fourth-order valence-electron chi connectivity index (χ4n) is 4.03. The first-order valence-corrected chi connectivity index (χ1v) is 13.9. The normalized spacial score (nSPS) is 12.1. The third kappa shape index (κ3) is 17.1. The van der Waals surface area contributed by atoms with Gasteiger partial charge < -0.3 is 9.47 Å². The Hall–Kier alpha value is -1.08. The number of ether oxygens (including phenoxy) is 2. The molecule has 4 heteroatoms. The molecule has 0 unspecified atom stereocenters. The molecule has 0 aliphatic carbocycles. The minimum Gasteiger partial charge on any atom is -0.379 e. The lowest BCUT2D eigenvalue weighted by Crippen LogP contribution is -2.16. The summed E-state index contributed by atoms with van der Waals surface area (Å²) >= 11 is 6.06. The van der Waals surface area contributed by atoms with Gasteiger partial charge in [-0.15, -0.1) is 0 Å². The number of rotatable bonds is 22. The Balaban J connectivity index is 1.82. The summed E-state index contributed by atoms with van der Waals surface area (Å²) in [6.07, 6.45) is 22.2. The van der Waals surface area contributed by atoms with Crippen LogP contribution in [0.3, 0.4) is 0 Å². The van der Waals surface area contributed by atoms with Crippen molar-refractivity contribution in [2.24, 2.45) is 0 Å². The van der Waals surface area contributed by atoms with Crippen molar-refractivity contribution >= 4 is 11.6 Å². The fourth-order valence-corrected chi connectivity index (χ4v) is 4.27. The lowest BCUT2D eigenvalue weighted by molar-refractivity contribution is -0.0155. The highest BCUT2D eigenvalue weighted by atomic mass is 35.5. The molecule has 0 aliphatic rings. The van der Waals surface area contributed by atoms with E-state index in [1.54, 1.807) is 12.1 Å². The van der Waals surface area contributed by atoms with Gasteiger partial charge in [0.05, 0.1) is 29.9 Å². The molecule has 0 aliphatic heterocycles. The van der Waals surface area contributed by atoms with Crippen LogP contribution in [-0.2, 0) is 16.1 Å². The quantitative estimate of drug-likeness (QED) is 0.156. The van der Waals surface area contributed by atoms with Crippen LogP contribution in [-0.4, -0.2) is 19.3 Å². The van der Waals surface area contributed by atoms with Gasteiger partial charge in [0, 0.05) is 6.61 Å². The van der Waals surface area contributed by atoms with Gasteiger partial charge in [-0.25, -0.2) is 0 Å². The van der Waals surface area contributed by atoms with Gasteiger partial charge in [-0.05, 0) is 31.0 Å². The van der Waals surface area contributed by atoms with Gasteiger partial charge in [-0.3, -0.25) is 0 Å². The van der Waals surface area contributed by atoms with E-state index in [2.05, 4.69) is 13.0 Å². The Morgan fingerprint density at radius 1 is 0.818 bits per heavy atom. The van der Waals surface area contributed by atoms with Crippen molar-refractivity contribution in [2.45, 2.75) is 129 Å². The second-order valence-corrected chi connectivity index (χ2v) is 9.83. The summed E-state index contributed by atoms with van der Waals surface area (Å²) in [6.45, 7) is 6.22. The molecule has 188 valence electrons. The average molecular weight is 478 g/mol. The SMILES string of the molecule is CCCCCCCCCCCCCCCCCCOC[C@@H](C)OCc1ccc(C#N)c(Cl)c1. The van der Waals surface area contributed by atoms with Gasteiger partial charge in [0.25, 0.3) is 0 Å². The zero-order valence-electron chi connectivity index (χ0n) is 21.4. The molecule has 0 radical (unpaired) electrons. The highest BCUT2D eigenvalue weighted by molar-refractivity contribution is 6.31. The molecule has 0 fully saturated rings. The van der Waals surface area contributed by atoms with Crippen LogP contribution in [0.2, 0.25) is 5.02 Å². The van der Waals surface area contributed by atoms with Crippen LogP contribution < -0.4 is 0 Å². The fraction of sp³-hybridized carbons (Fsp3) is 0.759.